The molecule has 17 heavy (non-hydrogen) atoms. The number of azide groups is 1. The molecule has 1 aliphatic rings. The SMILES string of the molecule is CC1COC(COCCCN=[N+]=[N-])[C@H](C)[C@@H]1C. The van der Waals surface area contributed by atoms with Crippen LogP contribution in [-0.2, 0) is 9.47 Å². The van der Waals surface area contributed by atoms with Gasteiger partial charge in [0.15, 0.2) is 0 Å². The number of rotatable bonds is 6. The van der Waals surface area contributed by atoms with Gasteiger partial charge in [-0.2, -0.15) is 0 Å². The summed E-state index contributed by atoms with van der Waals surface area (Å²) in [7, 11) is 0. The zero-order valence-corrected chi connectivity index (χ0v) is 11.0. The molecule has 0 bridgehead atoms. The summed E-state index contributed by atoms with van der Waals surface area (Å²) in [6.07, 6.45) is 0.984. The van der Waals surface area contributed by atoms with E-state index in [-0.39, 0.29) is 6.10 Å². The maximum absolute atomic E-state index is 8.11. The second-order valence-corrected chi connectivity index (χ2v) is 4.95. The van der Waals surface area contributed by atoms with Crippen LogP contribution in [0.5, 0.6) is 0 Å². The Morgan fingerprint density at radius 1 is 1.35 bits per heavy atom. The van der Waals surface area contributed by atoms with Crippen LogP contribution in [0.1, 0.15) is 27.2 Å². The van der Waals surface area contributed by atoms with Crippen molar-refractivity contribution in [1.29, 1.82) is 0 Å². The summed E-state index contributed by atoms with van der Waals surface area (Å²) in [5.41, 5.74) is 8.11. The molecule has 0 aromatic rings. The minimum atomic E-state index is 0.209. The number of hydrogen-bond donors (Lipinski definition) is 0. The van der Waals surface area contributed by atoms with E-state index < -0.39 is 0 Å². The van der Waals surface area contributed by atoms with Gasteiger partial charge in [0.1, 0.15) is 0 Å². The lowest BCUT2D eigenvalue weighted by Gasteiger charge is -2.38. The van der Waals surface area contributed by atoms with E-state index in [1.54, 1.807) is 0 Å². The summed E-state index contributed by atoms with van der Waals surface area (Å²) < 4.78 is 11.4. The van der Waals surface area contributed by atoms with Crippen molar-refractivity contribution in [2.45, 2.75) is 33.3 Å². The molecule has 0 radical (unpaired) electrons. The Kier molecular flexibility index (Phi) is 6.34. The van der Waals surface area contributed by atoms with Gasteiger partial charge >= 0.3 is 0 Å². The fourth-order valence-electron chi connectivity index (χ4n) is 2.12. The van der Waals surface area contributed by atoms with E-state index in [9.17, 15) is 0 Å². The summed E-state index contributed by atoms with van der Waals surface area (Å²) in [4.78, 5) is 2.70. The Balaban J connectivity index is 2.16. The van der Waals surface area contributed by atoms with E-state index in [4.69, 9.17) is 15.0 Å². The van der Waals surface area contributed by atoms with Gasteiger partial charge in [0.05, 0.1) is 12.7 Å². The van der Waals surface area contributed by atoms with Gasteiger partial charge in [0, 0.05) is 24.7 Å². The Morgan fingerprint density at radius 3 is 2.82 bits per heavy atom. The largest absolute Gasteiger partial charge is 0.379 e. The van der Waals surface area contributed by atoms with E-state index >= 15 is 0 Å². The van der Waals surface area contributed by atoms with Crippen molar-refractivity contribution in [2.24, 2.45) is 22.9 Å². The van der Waals surface area contributed by atoms with Crippen molar-refractivity contribution < 1.29 is 9.47 Å². The summed E-state index contributed by atoms with van der Waals surface area (Å²) in [5, 5.41) is 3.46. The highest BCUT2D eigenvalue weighted by atomic mass is 16.5. The van der Waals surface area contributed by atoms with E-state index in [0.29, 0.717) is 37.5 Å². The third kappa shape index (κ3) is 4.54. The zero-order valence-electron chi connectivity index (χ0n) is 11.0. The van der Waals surface area contributed by atoms with Crippen LogP contribution < -0.4 is 0 Å². The maximum atomic E-state index is 8.11. The first-order chi connectivity index (χ1) is 8.16. The smallest absolute Gasteiger partial charge is 0.0836 e. The monoisotopic (exact) mass is 241 g/mol. The third-order valence-electron chi connectivity index (χ3n) is 3.78. The fourth-order valence-corrected chi connectivity index (χ4v) is 2.12. The highest BCUT2D eigenvalue weighted by Gasteiger charge is 2.32. The Labute approximate surface area is 103 Å². The Hall–Kier alpha value is -0.770. The fraction of sp³-hybridized carbons (Fsp3) is 1.00. The molecule has 1 rings (SSSR count). The number of nitrogens with zero attached hydrogens (tertiary/aromatic N) is 3. The summed E-state index contributed by atoms with van der Waals surface area (Å²) >= 11 is 0. The summed E-state index contributed by atoms with van der Waals surface area (Å²) in [6.45, 7) is 9.37. The first kappa shape index (κ1) is 14.3. The van der Waals surface area contributed by atoms with Crippen molar-refractivity contribution in [3.8, 4) is 0 Å². The summed E-state index contributed by atoms with van der Waals surface area (Å²) in [6, 6.07) is 0. The number of hydrogen-bond acceptors (Lipinski definition) is 3. The quantitative estimate of drug-likeness (QED) is 0.310. The van der Waals surface area contributed by atoms with Crippen molar-refractivity contribution in [2.75, 3.05) is 26.4 Å². The molecule has 2 unspecified atom stereocenters. The van der Waals surface area contributed by atoms with Crippen LogP contribution in [0.2, 0.25) is 0 Å². The second-order valence-electron chi connectivity index (χ2n) is 4.95. The molecule has 0 N–H and O–H groups in total. The van der Waals surface area contributed by atoms with E-state index in [2.05, 4.69) is 30.8 Å². The van der Waals surface area contributed by atoms with Crippen LogP contribution in [0.3, 0.4) is 0 Å². The van der Waals surface area contributed by atoms with Gasteiger partial charge in [-0.25, -0.2) is 0 Å². The third-order valence-corrected chi connectivity index (χ3v) is 3.78. The topological polar surface area (TPSA) is 67.2 Å². The molecule has 0 amide bonds. The molecule has 1 aliphatic heterocycles. The van der Waals surface area contributed by atoms with Crippen molar-refractivity contribution in [3.63, 3.8) is 0 Å². The van der Waals surface area contributed by atoms with E-state index in [0.717, 1.165) is 13.0 Å². The molecule has 0 aromatic carbocycles. The highest BCUT2D eigenvalue weighted by molar-refractivity contribution is 4.79. The van der Waals surface area contributed by atoms with Crippen LogP contribution in [0.15, 0.2) is 5.11 Å². The normalized spacial score (nSPS) is 33.1. The molecular weight excluding hydrogens is 218 g/mol. The molecule has 5 heteroatoms. The molecule has 5 nitrogen and oxygen atoms in total. The standard InChI is InChI=1S/C12H23N3O2/c1-9-7-17-12(11(3)10(9)2)8-16-6-4-5-14-15-13/h9-12H,4-8H2,1-3H3/t9?,10-,11-,12?/m1/s1. The van der Waals surface area contributed by atoms with E-state index in [1.807, 2.05) is 0 Å². The van der Waals surface area contributed by atoms with Crippen LogP contribution in [0.25, 0.3) is 10.4 Å². The van der Waals surface area contributed by atoms with Gasteiger partial charge in [-0.3, -0.25) is 0 Å². The highest BCUT2D eigenvalue weighted by Crippen LogP contribution is 2.30. The zero-order chi connectivity index (χ0) is 12.7. The predicted molar refractivity (Wildman–Crippen MR) is 66.7 cm³/mol. The minimum absolute atomic E-state index is 0.209. The average Bonchev–Trinajstić information content (AvgIpc) is 2.33. The lowest BCUT2D eigenvalue weighted by atomic mass is 9.80. The average molecular weight is 241 g/mol. The van der Waals surface area contributed by atoms with E-state index in [1.165, 1.54) is 0 Å². The first-order valence-electron chi connectivity index (χ1n) is 6.37. The van der Waals surface area contributed by atoms with Gasteiger partial charge in [-0.15, -0.1) is 0 Å². The molecule has 0 aliphatic carbocycles. The molecule has 1 saturated heterocycles. The lowest BCUT2D eigenvalue weighted by molar-refractivity contribution is -0.109. The first-order valence-corrected chi connectivity index (χ1v) is 6.37. The lowest BCUT2D eigenvalue weighted by Crippen LogP contribution is -2.41. The minimum Gasteiger partial charge on any atom is -0.379 e. The molecule has 4 atom stereocenters. The Morgan fingerprint density at radius 2 is 2.12 bits per heavy atom. The molecule has 1 heterocycles. The molecule has 0 aromatic heterocycles. The van der Waals surface area contributed by atoms with Gasteiger partial charge in [-0.1, -0.05) is 25.9 Å². The van der Waals surface area contributed by atoms with Gasteiger partial charge in [0.2, 0.25) is 0 Å². The Bertz CT molecular complexity index is 266. The molecule has 1 fully saturated rings. The maximum Gasteiger partial charge on any atom is 0.0836 e. The molecular formula is C12H23N3O2. The molecule has 98 valence electrons. The van der Waals surface area contributed by atoms with Gasteiger partial charge in [0.25, 0.3) is 0 Å². The van der Waals surface area contributed by atoms with Crippen LogP contribution >= 0.6 is 0 Å². The van der Waals surface area contributed by atoms with Crippen LogP contribution in [-0.4, -0.2) is 32.5 Å². The predicted octanol–water partition coefficient (Wildman–Crippen LogP) is 3.01. The van der Waals surface area contributed by atoms with Crippen LogP contribution in [0.4, 0.5) is 0 Å². The number of ether oxygens (including phenoxy) is 2. The van der Waals surface area contributed by atoms with Crippen molar-refractivity contribution >= 4 is 0 Å². The van der Waals surface area contributed by atoms with Gasteiger partial charge in [-0.05, 0) is 29.7 Å². The summed E-state index contributed by atoms with van der Waals surface area (Å²) in [5.74, 6) is 1.85. The van der Waals surface area contributed by atoms with Crippen LogP contribution in [0, 0.1) is 17.8 Å². The van der Waals surface area contributed by atoms with Crippen molar-refractivity contribution in [1.82, 2.24) is 0 Å². The van der Waals surface area contributed by atoms with Crippen molar-refractivity contribution in [3.05, 3.63) is 10.4 Å². The molecule has 0 saturated carbocycles. The second kappa shape index (κ2) is 7.54. The molecule has 0 spiro atoms. The van der Waals surface area contributed by atoms with Gasteiger partial charge < -0.3 is 9.47 Å².